The fourth-order valence-corrected chi connectivity index (χ4v) is 0. The second-order valence-corrected chi connectivity index (χ2v) is 0. The van der Waals surface area contributed by atoms with Gasteiger partial charge in [-0.15, -0.1) is 0 Å². The molecule has 0 aliphatic rings. The summed E-state index contributed by atoms with van der Waals surface area (Å²) in [4.78, 5) is 0. The summed E-state index contributed by atoms with van der Waals surface area (Å²) in [7, 11) is 0. The molecule has 6 heteroatoms. The van der Waals surface area contributed by atoms with Gasteiger partial charge in [0, 0.05) is 59.1 Å². The van der Waals surface area contributed by atoms with Crippen LogP contribution in [-0.4, -0.2) is 59.1 Å². The van der Waals surface area contributed by atoms with Crippen molar-refractivity contribution in [2.75, 3.05) is 0 Å². The summed E-state index contributed by atoms with van der Waals surface area (Å²) in [5, 5.41) is 0. The summed E-state index contributed by atoms with van der Waals surface area (Å²) in [5.41, 5.74) is 0. The van der Waals surface area contributed by atoms with Gasteiger partial charge < -0.3 is 0 Å². The molecule has 0 aliphatic heterocycles. The molecule has 0 fully saturated rings. The SMILES string of the molecule is [Na].[Na].[O]=[Co].[O]=[Ni]. The first-order valence-corrected chi connectivity index (χ1v) is 1.09. The van der Waals surface area contributed by atoms with Crippen molar-refractivity contribution in [3.05, 3.63) is 0 Å². The second-order valence-electron chi connectivity index (χ2n) is 0. The summed E-state index contributed by atoms with van der Waals surface area (Å²) in [6.45, 7) is 0. The third-order valence-corrected chi connectivity index (χ3v) is 0. The van der Waals surface area contributed by atoms with Gasteiger partial charge in [0.1, 0.15) is 0 Å². The molecule has 0 saturated heterocycles. The fraction of sp³-hybridized carbons (Fsp3) is 0. The van der Waals surface area contributed by atoms with Gasteiger partial charge in [0.2, 0.25) is 0 Å². The van der Waals surface area contributed by atoms with Gasteiger partial charge in [-0.25, -0.2) is 0 Å². The third kappa shape index (κ3) is 30.6. The molecule has 33 valence electrons. The zero-order valence-electron chi connectivity index (χ0n) is 3.47. The number of hydrogen-bond donors (Lipinski definition) is 0. The van der Waals surface area contributed by atoms with E-state index in [2.05, 4.69) is 31.1 Å². The molecule has 0 aromatic carbocycles. The molecular weight excluding hydrogens is 196 g/mol. The molecule has 0 aliphatic carbocycles. The van der Waals surface area contributed by atoms with Gasteiger partial charge in [-0.2, -0.15) is 0 Å². The number of rotatable bonds is 0. The molecule has 0 unspecified atom stereocenters. The second kappa shape index (κ2) is 49.0. The van der Waals surface area contributed by atoms with Crippen molar-refractivity contribution in [1.82, 2.24) is 0 Å². The Labute approximate surface area is 96.1 Å². The summed E-state index contributed by atoms with van der Waals surface area (Å²) in [6.07, 6.45) is 0. The number of hydrogen-bond acceptors (Lipinski definition) is 2. The van der Waals surface area contributed by atoms with Gasteiger partial charge in [0.15, 0.2) is 0 Å². The van der Waals surface area contributed by atoms with Crippen LogP contribution in [0.5, 0.6) is 0 Å². The molecule has 0 rings (SSSR count). The van der Waals surface area contributed by atoms with Crippen LogP contribution >= 0.6 is 0 Å². The Morgan fingerprint density at radius 2 is 1.00 bits per heavy atom. The van der Waals surface area contributed by atoms with Crippen molar-refractivity contribution >= 4 is 59.1 Å². The summed E-state index contributed by atoms with van der Waals surface area (Å²) in [5.74, 6) is 0. The summed E-state index contributed by atoms with van der Waals surface area (Å²) >= 11 is 4.94. The first-order chi connectivity index (χ1) is 2.00. The van der Waals surface area contributed by atoms with Crippen LogP contribution in [-0.2, 0) is 38.8 Å². The molecule has 0 aromatic rings. The van der Waals surface area contributed by atoms with E-state index in [-0.39, 0.29) is 59.1 Å². The fourth-order valence-electron chi connectivity index (χ4n) is 0. The molecule has 0 aromatic heterocycles. The van der Waals surface area contributed by atoms with Crippen molar-refractivity contribution in [3.8, 4) is 0 Å². The van der Waals surface area contributed by atoms with E-state index in [0.29, 0.717) is 0 Å². The van der Waals surface area contributed by atoms with Crippen molar-refractivity contribution in [2.24, 2.45) is 0 Å². The standard InChI is InChI=1S/Co.2Na.Ni.2O. The molecular formula is CoNa2NiO2. The predicted molar refractivity (Wildman–Crippen MR) is 12.9 cm³/mol. The Balaban J connectivity index is -0.00000000500. The Kier molecular flexibility index (Phi) is 192. The molecule has 0 N–H and O–H groups in total. The van der Waals surface area contributed by atoms with E-state index < -0.39 is 0 Å². The van der Waals surface area contributed by atoms with E-state index in [1.165, 1.54) is 0 Å². The Morgan fingerprint density at radius 1 is 1.00 bits per heavy atom. The van der Waals surface area contributed by atoms with Crippen LogP contribution in [0, 0.1) is 0 Å². The van der Waals surface area contributed by atoms with Crippen molar-refractivity contribution in [2.45, 2.75) is 0 Å². The van der Waals surface area contributed by atoms with Gasteiger partial charge >= 0.3 is 38.8 Å². The first-order valence-electron chi connectivity index (χ1n) is 0.265. The van der Waals surface area contributed by atoms with E-state index in [4.69, 9.17) is 7.76 Å². The normalized spacial score (nSPS) is 1.83. The van der Waals surface area contributed by atoms with Crippen molar-refractivity contribution < 1.29 is 38.8 Å². The Hall–Kier alpha value is 2.60. The predicted octanol–water partition coefficient (Wildman–Crippen LogP) is -1.00. The van der Waals surface area contributed by atoms with E-state index in [1.807, 2.05) is 0 Å². The van der Waals surface area contributed by atoms with E-state index in [0.717, 1.165) is 0 Å². The van der Waals surface area contributed by atoms with E-state index in [9.17, 15) is 0 Å². The molecule has 0 saturated carbocycles. The Morgan fingerprint density at radius 3 is 1.00 bits per heavy atom. The Bertz CT molecular complexity index is 13.5. The van der Waals surface area contributed by atoms with Gasteiger partial charge in [-0.3, -0.25) is 0 Å². The average molecular weight is 196 g/mol. The van der Waals surface area contributed by atoms with Crippen molar-refractivity contribution in [3.63, 3.8) is 0 Å². The average Bonchev–Trinajstić information content (AvgIpc) is 1.50. The zero-order chi connectivity index (χ0) is 4.00. The van der Waals surface area contributed by atoms with Crippen LogP contribution in [0.1, 0.15) is 0 Å². The quantitative estimate of drug-likeness (QED) is 0.465. The van der Waals surface area contributed by atoms with E-state index in [1.54, 1.807) is 0 Å². The molecule has 0 atom stereocenters. The van der Waals surface area contributed by atoms with Crippen LogP contribution in [0.2, 0.25) is 0 Å². The third-order valence-electron chi connectivity index (χ3n) is 0. The van der Waals surface area contributed by atoms with Gasteiger partial charge in [0.05, 0.1) is 0 Å². The monoisotopic (exact) mass is 195 g/mol. The van der Waals surface area contributed by atoms with Crippen LogP contribution < -0.4 is 0 Å². The van der Waals surface area contributed by atoms with Crippen LogP contribution in [0.25, 0.3) is 0 Å². The molecule has 2 radical (unpaired) electrons. The summed E-state index contributed by atoms with van der Waals surface area (Å²) < 4.78 is 15.8. The first kappa shape index (κ1) is 23.5. The van der Waals surface area contributed by atoms with Crippen LogP contribution in [0.4, 0.5) is 0 Å². The molecule has 0 heterocycles. The molecule has 6 heavy (non-hydrogen) atoms. The van der Waals surface area contributed by atoms with Crippen LogP contribution in [0.3, 0.4) is 0 Å². The minimum absolute atomic E-state index is 0. The van der Waals surface area contributed by atoms with Crippen LogP contribution in [0.15, 0.2) is 0 Å². The topological polar surface area (TPSA) is 34.1 Å². The summed E-state index contributed by atoms with van der Waals surface area (Å²) in [6, 6.07) is 0. The maximum absolute atomic E-state index is 7.94. The van der Waals surface area contributed by atoms with E-state index >= 15 is 0 Å². The minimum atomic E-state index is 0. The zero-order valence-corrected chi connectivity index (χ0v) is 9.49. The molecule has 0 amide bonds. The molecule has 0 bridgehead atoms. The van der Waals surface area contributed by atoms with Gasteiger partial charge in [-0.05, 0) is 0 Å². The maximum atomic E-state index is 7.94. The van der Waals surface area contributed by atoms with Gasteiger partial charge in [-0.1, -0.05) is 0 Å². The molecule has 2 nitrogen and oxygen atoms in total. The molecule has 0 spiro atoms. The van der Waals surface area contributed by atoms with Crippen molar-refractivity contribution in [1.29, 1.82) is 0 Å². The van der Waals surface area contributed by atoms with Gasteiger partial charge in [0.25, 0.3) is 0 Å².